The Morgan fingerprint density at radius 1 is 1.20 bits per heavy atom. The molecular weight excluding hydrogens is 321 g/mol. The Labute approximate surface area is 129 Å². The maximum absolute atomic E-state index is 10.2. The van der Waals surface area contributed by atoms with Gasteiger partial charge in [0.2, 0.25) is 0 Å². The zero-order chi connectivity index (χ0) is 14.4. The number of halogens is 3. The topological polar surface area (TPSA) is 50.9 Å². The van der Waals surface area contributed by atoms with Gasteiger partial charge in [-0.1, -0.05) is 34.8 Å². The van der Waals surface area contributed by atoms with Crippen molar-refractivity contribution < 1.29 is 5.11 Å². The molecule has 0 aliphatic heterocycles. The summed E-state index contributed by atoms with van der Waals surface area (Å²) in [7, 11) is 1.81. The van der Waals surface area contributed by atoms with Crippen LogP contribution in [0.3, 0.4) is 0 Å². The van der Waals surface area contributed by atoms with Gasteiger partial charge in [-0.25, -0.2) is 4.98 Å². The van der Waals surface area contributed by atoms with E-state index in [0.717, 1.165) is 5.52 Å². The lowest BCUT2D eigenvalue weighted by Gasteiger charge is -2.10. The van der Waals surface area contributed by atoms with Gasteiger partial charge in [0.05, 0.1) is 32.3 Å². The maximum atomic E-state index is 10.2. The molecule has 0 atom stereocenters. The van der Waals surface area contributed by atoms with E-state index in [4.69, 9.17) is 34.8 Å². The lowest BCUT2D eigenvalue weighted by Crippen LogP contribution is -1.94. The number of rotatable bonds is 1. The van der Waals surface area contributed by atoms with E-state index in [-0.39, 0.29) is 20.8 Å². The van der Waals surface area contributed by atoms with Crippen LogP contribution in [-0.4, -0.2) is 19.6 Å². The summed E-state index contributed by atoms with van der Waals surface area (Å²) in [5.41, 5.74) is 1.86. The van der Waals surface area contributed by atoms with Crippen molar-refractivity contribution in [3.8, 4) is 17.1 Å². The highest BCUT2D eigenvalue weighted by Crippen LogP contribution is 2.44. The summed E-state index contributed by atoms with van der Waals surface area (Å²) >= 11 is 18.1. The van der Waals surface area contributed by atoms with Crippen LogP contribution in [0.1, 0.15) is 0 Å². The SMILES string of the molecule is Cn1c(-c2c(O)c(Cl)cc(Cl)c2Cl)nc2cnccc21. The van der Waals surface area contributed by atoms with E-state index in [9.17, 15) is 5.11 Å². The minimum Gasteiger partial charge on any atom is -0.506 e. The first kappa shape index (κ1) is 13.5. The monoisotopic (exact) mass is 327 g/mol. The number of aromatic hydroxyl groups is 1. The van der Waals surface area contributed by atoms with Crippen molar-refractivity contribution in [2.24, 2.45) is 7.05 Å². The summed E-state index contributed by atoms with van der Waals surface area (Å²) in [5.74, 6) is 0.326. The Hall–Kier alpha value is -1.49. The van der Waals surface area contributed by atoms with Gasteiger partial charge < -0.3 is 9.67 Å². The molecule has 0 fully saturated rings. The average Bonchev–Trinajstić information content (AvgIpc) is 2.75. The van der Waals surface area contributed by atoms with Crippen LogP contribution in [0, 0.1) is 0 Å². The second kappa shape index (κ2) is 4.81. The molecule has 0 saturated carbocycles. The molecule has 3 rings (SSSR count). The third kappa shape index (κ3) is 1.92. The molecule has 2 aromatic heterocycles. The number of nitrogens with zero attached hydrogens (tertiary/aromatic N) is 3. The van der Waals surface area contributed by atoms with Gasteiger partial charge in [0, 0.05) is 13.2 Å². The van der Waals surface area contributed by atoms with Crippen LogP contribution in [0.4, 0.5) is 0 Å². The normalized spacial score (nSPS) is 11.2. The van der Waals surface area contributed by atoms with Crippen molar-refractivity contribution in [3.63, 3.8) is 0 Å². The molecule has 102 valence electrons. The zero-order valence-electron chi connectivity index (χ0n) is 10.2. The molecule has 0 aliphatic rings. The first-order chi connectivity index (χ1) is 9.50. The first-order valence-corrected chi connectivity index (χ1v) is 6.77. The molecule has 0 amide bonds. The van der Waals surface area contributed by atoms with Crippen LogP contribution in [0.15, 0.2) is 24.5 Å². The van der Waals surface area contributed by atoms with Crippen LogP contribution < -0.4 is 0 Å². The van der Waals surface area contributed by atoms with Gasteiger partial charge >= 0.3 is 0 Å². The molecule has 3 aromatic rings. The Kier molecular flexibility index (Phi) is 3.24. The van der Waals surface area contributed by atoms with E-state index in [2.05, 4.69) is 9.97 Å². The number of benzene rings is 1. The van der Waals surface area contributed by atoms with E-state index in [1.165, 1.54) is 6.07 Å². The zero-order valence-corrected chi connectivity index (χ0v) is 12.5. The van der Waals surface area contributed by atoms with Crippen molar-refractivity contribution in [2.75, 3.05) is 0 Å². The number of imidazole rings is 1. The summed E-state index contributed by atoms with van der Waals surface area (Å²) in [5, 5.41) is 10.8. The molecule has 7 heteroatoms. The Bertz CT molecular complexity index is 803. The summed E-state index contributed by atoms with van der Waals surface area (Å²) in [6.07, 6.45) is 3.30. The largest absolute Gasteiger partial charge is 0.506 e. The van der Waals surface area contributed by atoms with Gasteiger partial charge in [-0.05, 0) is 12.1 Å². The van der Waals surface area contributed by atoms with Crippen molar-refractivity contribution in [1.29, 1.82) is 0 Å². The van der Waals surface area contributed by atoms with Crippen LogP contribution >= 0.6 is 34.8 Å². The fraction of sp³-hybridized carbons (Fsp3) is 0.0769. The molecule has 2 heterocycles. The minimum atomic E-state index is -0.146. The molecular formula is C13H8Cl3N3O. The van der Waals surface area contributed by atoms with E-state index in [0.29, 0.717) is 16.9 Å². The standard InChI is InChI=1S/C13H8Cl3N3O/c1-19-9-2-3-17-5-8(9)18-13(19)10-11(16)6(14)4-7(15)12(10)20/h2-5,20H,1H3. The molecule has 20 heavy (non-hydrogen) atoms. The molecule has 0 bridgehead atoms. The Morgan fingerprint density at radius 3 is 2.65 bits per heavy atom. The van der Waals surface area contributed by atoms with Crippen molar-refractivity contribution in [1.82, 2.24) is 14.5 Å². The fourth-order valence-electron chi connectivity index (χ4n) is 2.07. The fourth-order valence-corrected chi connectivity index (χ4v) is 2.76. The average molecular weight is 329 g/mol. The molecule has 1 aromatic carbocycles. The highest BCUT2D eigenvalue weighted by Gasteiger charge is 2.21. The van der Waals surface area contributed by atoms with Crippen LogP contribution in [0.2, 0.25) is 15.1 Å². The maximum Gasteiger partial charge on any atom is 0.146 e. The summed E-state index contributed by atoms with van der Waals surface area (Å²) in [6.45, 7) is 0. The lowest BCUT2D eigenvalue weighted by atomic mass is 10.2. The molecule has 0 unspecified atom stereocenters. The molecule has 0 saturated heterocycles. The summed E-state index contributed by atoms with van der Waals surface area (Å²) in [6, 6.07) is 3.22. The first-order valence-electron chi connectivity index (χ1n) is 5.64. The van der Waals surface area contributed by atoms with Gasteiger partial charge in [-0.3, -0.25) is 4.98 Å². The van der Waals surface area contributed by atoms with Crippen LogP contribution in [0.5, 0.6) is 5.75 Å². The smallest absolute Gasteiger partial charge is 0.146 e. The van der Waals surface area contributed by atoms with Crippen molar-refractivity contribution in [3.05, 3.63) is 39.6 Å². The second-order valence-electron chi connectivity index (χ2n) is 4.24. The van der Waals surface area contributed by atoms with Crippen LogP contribution in [0.25, 0.3) is 22.4 Å². The summed E-state index contributed by atoms with van der Waals surface area (Å²) < 4.78 is 1.80. The number of aryl methyl sites for hydroxylation is 1. The number of fused-ring (bicyclic) bond motifs is 1. The van der Waals surface area contributed by atoms with Gasteiger partial charge in [0.1, 0.15) is 17.1 Å². The third-order valence-corrected chi connectivity index (χ3v) is 4.13. The molecule has 0 radical (unpaired) electrons. The third-order valence-electron chi connectivity index (χ3n) is 3.05. The number of pyridine rings is 1. The van der Waals surface area contributed by atoms with Gasteiger partial charge in [-0.2, -0.15) is 0 Å². The predicted molar refractivity (Wildman–Crippen MR) is 80.6 cm³/mol. The second-order valence-corrected chi connectivity index (χ2v) is 5.43. The summed E-state index contributed by atoms with van der Waals surface area (Å²) in [4.78, 5) is 8.44. The lowest BCUT2D eigenvalue weighted by molar-refractivity contribution is 0.477. The van der Waals surface area contributed by atoms with E-state index < -0.39 is 0 Å². The molecule has 0 aliphatic carbocycles. The van der Waals surface area contributed by atoms with Crippen molar-refractivity contribution in [2.45, 2.75) is 0 Å². The van der Waals surface area contributed by atoms with Gasteiger partial charge in [0.25, 0.3) is 0 Å². The van der Waals surface area contributed by atoms with E-state index in [1.54, 1.807) is 17.0 Å². The van der Waals surface area contributed by atoms with E-state index in [1.807, 2.05) is 13.1 Å². The highest BCUT2D eigenvalue weighted by atomic mass is 35.5. The Balaban J connectivity index is 2.40. The number of hydrogen-bond donors (Lipinski definition) is 1. The number of aromatic nitrogens is 3. The van der Waals surface area contributed by atoms with Crippen molar-refractivity contribution >= 4 is 45.8 Å². The molecule has 1 N–H and O–H groups in total. The highest BCUT2D eigenvalue weighted by molar-refractivity contribution is 6.45. The molecule has 4 nitrogen and oxygen atoms in total. The minimum absolute atomic E-state index is 0.125. The van der Waals surface area contributed by atoms with E-state index >= 15 is 0 Å². The number of phenolic OH excluding ortho intramolecular Hbond substituents is 1. The van der Waals surface area contributed by atoms with Gasteiger partial charge in [-0.15, -0.1) is 0 Å². The number of hydrogen-bond acceptors (Lipinski definition) is 3. The predicted octanol–water partition coefficient (Wildman–Crippen LogP) is 4.30. The van der Waals surface area contributed by atoms with Gasteiger partial charge in [0.15, 0.2) is 0 Å². The molecule has 0 spiro atoms. The number of phenols is 1. The quantitative estimate of drug-likeness (QED) is 0.678. The van der Waals surface area contributed by atoms with Crippen LogP contribution in [-0.2, 0) is 7.05 Å². The Morgan fingerprint density at radius 2 is 1.95 bits per heavy atom.